The average Bonchev–Trinajstić information content (AvgIpc) is 3.65. The number of hydrogen-bond acceptors (Lipinski definition) is 8. The summed E-state index contributed by atoms with van der Waals surface area (Å²) in [5.74, 6) is -1.46. The lowest BCUT2D eigenvalue weighted by Crippen LogP contribution is -2.46. The third kappa shape index (κ3) is 6.79. The molecule has 0 saturated carbocycles. The summed E-state index contributed by atoms with van der Waals surface area (Å²) in [4.78, 5) is 56.6. The second kappa shape index (κ2) is 12.4. The van der Waals surface area contributed by atoms with Crippen LogP contribution < -0.4 is 0 Å². The molecule has 0 aliphatic carbocycles. The van der Waals surface area contributed by atoms with Crippen LogP contribution in [0.3, 0.4) is 0 Å². The summed E-state index contributed by atoms with van der Waals surface area (Å²) in [5, 5.41) is 1.79. The van der Waals surface area contributed by atoms with E-state index in [2.05, 4.69) is 4.99 Å². The van der Waals surface area contributed by atoms with Gasteiger partial charge in [-0.15, -0.1) is 11.3 Å². The van der Waals surface area contributed by atoms with Crippen LogP contribution in [0.25, 0.3) is 0 Å². The Morgan fingerprint density at radius 1 is 0.949 bits per heavy atom. The number of carbonyl (C=O) groups is 4. The Labute approximate surface area is 230 Å². The zero-order chi connectivity index (χ0) is 28.0. The van der Waals surface area contributed by atoms with Crippen molar-refractivity contribution in [3.05, 3.63) is 93.5 Å². The van der Waals surface area contributed by atoms with E-state index in [0.717, 1.165) is 5.56 Å². The first-order valence-corrected chi connectivity index (χ1v) is 13.5. The number of Topliss-reactive ketones (excluding diaryl/α,β-unsaturated/α-hetero) is 4. The van der Waals surface area contributed by atoms with E-state index in [1.54, 1.807) is 55.0 Å². The number of halogens is 1. The second-order valence-electron chi connectivity index (χ2n) is 9.71. The quantitative estimate of drug-likeness (QED) is 0.234. The van der Waals surface area contributed by atoms with Gasteiger partial charge in [-0.2, -0.15) is 0 Å². The SMILES string of the molecule is CN(Cc1ccccc1C(=O)CCC(=O)c1ccco1)C1(C)C=NC(C(=O)CCC(=O)c2cccs2)=C(F)C1. The number of allylic oxidation sites excluding steroid dienone is 1. The van der Waals surface area contributed by atoms with Crippen molar-refractivity contribution in [2.45, 2.75) is 51.1 Å². The van der Waals surface area contributed by atoms with Crippen molar-refractivity contribution in [3.8, 4) is 0 Å². The molecule has 1 unspecified atom stereocenters. The lowest BCUT2D eigenvalue weighted by atomic mass is 9.91. The predicted octanol–water partition coefficient (Wildman–Crippen LogP) is 6.27. The largest absolute Gasteiger partial charge is 0.461 e. The monoisotopic (exact) mass is 548 g/mol. The lowest BCUT2D eigenvalue weighted by molar-refractivity contribution is -0.115. The van der Waals surface area contributed by atoms with E-state index in [0.29, 0.717) is 17.0 Å². The van der Waals surface area contributed by atoms with Crippen LogP contribution in [0.1, 0.15) is 75.2 Å². The van der Waals surface area contributed by atoms with E-state index in [4.69, 9.17) is 4.42 Å². The Morgan fingerprint density at radius 3 is 2.36 bits per heavy atom. The minimum atomic E-state index is -0.841. The average molecular weight is 549 g/mol. The van der Waals surface area contributed by atoms with Crippen LogP contribution in [0.2, 0.25) is 0 Å². The first kappa shape index (κ1) is 28.2. The summed E-state index contributed by atoms with van der Waals surface area (Å²) in [6, 6.07) is 13.8. The third-order valence-electron chi connectivity index (χ3n) is 6.85. The van der Waals surface area contributed by atoms with E-state index < -0.39 is 17.1 Å². The number of ketones is 4. The summed E-state index contributed by atoms with van der Waals surface area (Å²) >= 11 is 1.31. The first-order valence-electron chi connectivity index (χ1n) is 12.6. The highest BCUT2D eigenvalue weighted by atomic mass is 32.1. The second-order valence-corrected chi connectivity index (χ2v) is 10.7. The van der Waals surface area contributed by atoms with Gasteiger partial charge < -0.3 is 4.42 Å². The minimum Gasteiger partial charge on any atom is -0.461 e. The number of benzene rings is 1. The molecular weight excluding hydrogens is 519 g/mol. The zero-order valence-corrected chi connectivity index (χ0v) is 22.6. The fourth-order valence-corrected chi connectivity index (χ4v) is 5.06. The molecule has 0 radical (unpaired) electrons. The molecule has 2 aromatic heterocycles. The summed E-state index contributed by atoms with van der Waals surface area (Å²) < 4.78 is 20.2. The van der Waals surface area contributed by atoms with Crippen LogP contribution in [0, 0.1) is 0 Å². The molecule has 7 nitrogen and oxygen atoms in total. The van der Waals surface area contributed by atoms with Crippen LogP contribution in [-0.2, 0) is 11.3 Å². The van der Waals surface area contributed by atoms with E-state index >= 15 is 4.39 Å². The summed E-state index contributed by atoms with van der Waals surface area (Å²) in [7, 11) is 1.80. The van der Waals surface area contributed by atoms with Gasteiger partial charge in [0.1, 0.15) is 11.5 Å². The molecule has 1 atom stereocenters. The Hall–Kier alpha value is -3.82. The van der Waals surface area contributed by atoms with E-state index in [9.17, 15) is 19.2 Å². The van der Waals surface area contributed by atoms with Crippen LogP contribution in [-0.4, -0.2) is 46.8 Å². The molecule has 4 rings (SSSR count). The van der Waals surface area contributed by atoms with Gasteiger partial charge in [-0.1, -0.05) is 30.3 Å². The summed E-state index contributed by atoms with van der Waals surface area (Å²) in [6.45, 7) is 2.13. The van der Waals surface area contributed by atoms with Gasteiger partial charge in [-0.3, -0.25) is 29.1 Å². The van der Waals surface area contributed by atoms with Crippen molar-refractivity contribution in [3.63, 3.8) is 0 Å². The summed E-state index contributed by atoms with van der Waals surface area (Å²) in [5.41, 5.74) is 0.154. The number of rotatable bonds is 13. The van der Waals surface area contributed by atoms with E-state index in [1.807, 2.05) is 24.0 Å². The van der Waals surface area contributed by atoms with Gasteiger partial charge in [-0.25, -0.2) is 4.39 Å². The van der Waals surface area contributed by atoms with E-state index in [-0.39, 0.29) is 60.9 Å². The minimum absolute atomic E-state index is 0.000734. The molecule has 202 valence electrons. The Bertz CT molecular complexity index is 1430. The van der Waals surface area contributed by atoms with Gasteiger partial charge in [0.25, 0.3) is 0 Å². The summed E-state index contributed by atoms with van der Waals surface area (Å²) in [6.07, 6.45) is 2.86. The van der Waals surface area contributed by atoms with Gasteiger partial charge in [-0.05, 0) is 43.1 Å². The molecular formula is C30H29FN2O5S. The molecule has 0 amide bonds. The predicted molar refractivity (Wildman–Crippen MR) is 147 cm³/mol. The molecule has 0 fully saturated rings. The van der Waals surface area contributed by atoms with Gasteiger partial charge >= 0.3 is 0 Å². The molecule has 0 N–H and O–H groups in total. The van der Waals surface area contributed by atoms with Crippen LogP contribution in [0.4, 0.5) is 4.39 Å². The molecule has 39 heavy (non-hydrogen) atoms. The van der Waals surface area contributed by atoms with Crippen molar-refractivity contribution < 1.29 is 28.0 Å². The van der Waals surface area contributed by atoms with Gasteiger partial charge in [0.05, 0.1) is 16.7 Å². The van der Waals surface area contributed by atoms with Crippen LogP contribution in [0.15, 0.2) is 81.1 Å². The number of nitrogens with zero attached hydrogens (tertiary/aromatic N) is 2. The van der Waals surface area contributed by atoms with Crippen molar-refractivity contribution in [1.29, 1.82) is 0 Å². The number of aliphatic imine (C=N–C) groups is 1. The number of carbonyl (C=O) groups excluding carboxylic acids is 4. The smallest absolute Gasteiger partial charge is 0.198 e. The molecule has 1 aliphatic rings. The van der Waals surface area contributed by atoms with Gasteiger partial charge in [0.15, 0.2) is 28.9 Å². The molecule has 3 aromatic rings. The highest BCUT2D eigenvalue weighted by Gasteiger charge is 2.35. The fourth-order valence-electron chi connectivity index (χ4n) is 4.37. The highest BCUT2D eigenvalue weighted by molar-refractivity contribution is 7.12. The van der Waals surface area contributed by atoms with Crippen molar-refractivity contribution in [2.75, 3.05) is 7.05 Å². The number of thiophene rings is 1. The molecule has 0 saturated heterocycles. The maximum absolute atomic E-state index is 15.1. The Morgan fingerprint density at radius 2 is 1.67 bits per heavy atom. The Kier molecular flexibility index (Phi) is 8.93. The topological polar surface area (TPSA) is 97.0 Å². The van der Waals surface area contributed by atoms with Crippen LogP contribution in [0.5, 0.6) is 0 Å². The van der Waals surface area contributed by atoms with Crippen molar-refractivity contribution in [2.24, 2.45) is 4.99 Å². The van der Waals surface area contributed by atoms with Crippen molar-refractivity contribution >= 4 is 40.7 Å². The molecule has 3 heterocycles. The molecule has 0 spiro atoms. The highest BCUT2D eigenvalue weighted by Crippen LogP contribution is 2.31. The Balaban J connectivity index is 1.37. The van der Waals surface area contributed by atoms with E-state index in [1.165, 1.54) is 17.6 Å². The maximum atomic E-state index is 15.1. The third-order valence-corrected chi connectivity index (χ3v) is 7.76. The number of furan rings is 1. The zero-order valence-electron chi connectivity index (χ0n) is 21.8. The maximum Gasteiger partial charge on any atom is 0.198 e. The lowest BCUT2D eigenvalue weighted by Gasteiger charge is -2.37. The number of hydrogen-bond donors (Lipinski definition) is 0. The van der Waals surface area contributed by atoms with Gasteiger partial charge in [0.2, 0.25) is 0 Å². The molecule has 1 aliphatic heterocycles. The first-order chi connectivity index (χ1) is 18.7. The fraction of sp³-hybridized carbons (Fsp3) is 0.300. The van der Waals surface area contributed by atoms with Crippen molar-refractivity contribution in [1.82, 2.24) is 4.90 Å². The van der Waals surface area contributed by atoms with Gasteiger partial charge in [0, 0.05) is 50.4 Å². The molecule has 9 heteroatoms. The molecule has 0 bridgehead atoms. The standard InChI is InChI=1S/C30H29FN2O5S/c1-30(17-22(31)29(32-19-30)26(37)14-13-25(36)28-10-6-16-39-28)33(2)18-20-7-3-4-8-21(20)23(34)11-12-24(35)27-9-5-15-38-27/h3-10,15-16,19H,11-14,17-18H2,1-2H3. The van der Waals surface area contributed by atoms with Crippen LogP contribution >= 0.6 is 11.3 Å². The normalized spacial score (nSPS) is 17.0. The molecule has 1 aromatic carbocycles.